The molecule has 0 saturated heterocycles. The molecule has 0 spiro atoms. The number of carbonyl (C=O) groups excluding carboxylic acids is 2. The van der Waals surface area contributed by atoms with Crippen molar-refractivity contribution in [1.29, 1.82) is 0 Å². The molecule has 8 atom stereocenters. The predicted octanol–water partition coefficient (Wildman–Crippen LogP) is 4.28. The number of hydrogen-bond donors (Lipinski definition) is 1. The minimum Gasteiger partial charge on any atom is -0.451 e. The van der Waals surface area contributed by atoms with Crippen LogP contribution in [-0.4, -0.2) is 28.6 Å². The molecule has 0 aromatic rings. The molecule has 0 aliphatic heterocycles. The number of rotatable bonds is 2. The molecule has 4 aliphatic rings. The SMILES string of the molecule is CC(=O)O[C@@]1(C(C)=O)CC[C@@]2(C)[C@@H](CC[C@H]3[C@H]4CC[C@H](O)[C@@]4(C)CC[C@@H]32)C1. The van der Waals surface area contributed by atoms with Crippen LogP contribution in [0, 0.1) is 34.5 Å². The van der Waals surface area contributed by atoms with Crippen LogP contribution in [0.25, 0.3) is 0 Å². The molecule has 4 aliphatic carbocycles. The van der Waals surface area contributed by atoms with Crippen LogP contribution in [0.15, 0.2) is 0 Å². The van der Waals surface area contributed by atoms with Gasteiger partial charge in [0.25, 0.3) is 0 Å². The van der Waals surface area contributed by atoms with Crippen molar-refractivity contribution in [2.24, 2.45) is 34.5 Å². The molecular formula is C23H36O4. The van der Waals surface area contributed by atoms with Crippen molar-refractivity contribution in [3.8, 4) is 0 Å². The summed E-state index contributed by atoms with van der Waals surface area (Å²) in [4.78, 5) is 24.1. The van der Waals surface area contributed by atoms with Gasteiger partial charge in [-0.05, 0) is 99.2 Å². The summed E-state index contributed by atoms with van der Waals surface area (Å²) in [5, 5.41) is 10.6. The van der Waals surface area contributed by atoms with E-state index in [9.17, 15) is 14.7 Å². The number of aliphatic hydroxyl groups excluding tert-OH is 1. The minimum atomic E-state index is -0.893. The molecule has 4 nitrogen and oxygen atoms in total. The van der Waals surface area contributed by atoms with Crippen molar-refractivity contribution in [2.75, 3.05) is 0 Å². The zero-order chi connectivity index (χ0) is 19.6. The molecule has 4 heteroatoms. The largest absolute Gasteiger partial charge is 0.451 e. The van der Waals surface area contributed by atoms with E-state index < -0.39 is 5.60 Å². The average molecular weight is 377 g/mol. The molecule has 4 rings (SSSR count). The molecular weight excluding hydrogens is 340 g/mol. The highest BCUT2D eigenvalue weighted by Gasteiger charge is 2.62. The summed E-state index contributed by atoms with van der Waals surface area (Å²) in [6.45, 7) is 7.77. The summed E-state index contributed by atoms with van der Waals surface area (Å²) in [5.74, 6) is 2.17. The fourth-order valence-electron chi connectivity index (χ4n) is 7.96. The minimum absolute atomic E-state index is 0.0111. The lowest BCUT2D eigenvalue weighted by atomic mass is 9.44. The molecule has 0 aromatic carbocycles. The standard InChI is InChI=1S/C23H36O4/c1-14(24)23(27-15(2)25)12-11-21(3)16(13-23)5-6-17-18-7-8-20(26)22(18,4)10-9-19(17)21/h16-20,26H,5-13H2,1-4H3/t16-,17-,18+,19-,20-,21-,22-,23-/m0/s1. The first-order valence-electron chi connectivity index (χ1n) is 11.0. The summed E-state index contributed by atoms with van der Waals surface area (Å²) in [5.41, 5.74) is -0.549. The quantitative estimate of drug-likeness (QED) is 0.731. The molecule has 0 aromatic heterocycles. The van der Waals surface area contributed by atoms with Gasteiger partial charge in [-0.25, -0.2) is 0 Å². The number of esters is 1. The molecule has 0 unspecified atom stereocenters. The van der Waals surface area contributed by atoms with Crippen LogP contribution in [0.1, 0.15) is 85.5 Å². The summed E-state index contributed by atoms with van der Waals surface area (Å²) >= 11 is 0. The molecule has 0 bridgehead atoms. The number of carbonyl (C=O) groups is 2. The van der Waals surface area contributed by atoms with E-state index in [1.54, 1.807) is 6.92 Å². The van der Waals surface area contributed by atoms with Crippen molar-refractivity contribution < 1.29 is 19.4 Å². The first-order valence-corrected chi connectivity index (χ1v) is 11.0. The van der Waals surface area contributed by atoms with Gasteiger partial charge in [-0.2, -0.15) is 0 Å². The van der Waals surface area contributed by atoms with Crippen LogP contribution >= 0.6 is 0 Å². The Labute approximate surface area is 163 Å². The topological polar surface area (TPSA) is 63.6 Å². The Hall–Kier alpha value is -0.900. The molecule has 4 saturated carbocycles. The zero-order valence-electron chi connectivity index (χ0n) is 17.4. The van der Waals surface area contributed by atoms with Crippen molar-refractivity contribution >= 4 is 11.8 Å². The van der Waals surface area contributed by atoms with Gasteiger partial charge in [0.2, 0.25) is 0 Å². The Morgan fingerprint density at radius 1 is 0.889 bits per heavy atom. The Morgan fingerprint density at radius 2 is 1.59 bits per heavy atom. The monoisotopic (exact) mass is 376 g/mol. The Balaban J connectivity index is 1.59. The smallest absolute Gasteiger partial charge is 0.303 e. The number of Topliss-reactive ketones (excluding diaryl/α,β-unsaturated/α-hetero) is 1. The second-order valence-corrected chi connectivity index (χ2v) is 10.6. The van der Waals surface area contributed by atoms with Crippen LogP contribution in [0.2, 0.25) is 0 Å². The van der Waals surface area contributed by atoms with Crippen molar-refractivity contribution in [3.63, 3.8) is 0 Å². The normalized spacial score (nSPS) is 51.7. The van der Waals surface area contributed by atoms with Crippen LogP contribution in [-0.2, 0) is 14.3 Å². The molecule has 0 heterocycles. The average Bonchev–Trinajstić information content (AvgIpc) is 2.90. The Morgan fingerprint density at radius 3 is 2.26 bits per heavy atom. The van der Waals surface area contributed by atoms with Gasteiger partial charge in [0.15, 0.2) is 11.4 Å². The number of ether oxygens (including phenoxy) is 1. The maximum Gasteiger partial charge on any atom is 0.303 e. The zero-order valence-corrected chi connectivity index (χ0v) is 17.4. The second-order valence-electron chi connectivity index (χ2n) is 10.6. The van der Waals surface area contributed by atoms with Crippen LogP contribution in [0.4, 0.5) is 0 Å². The summed E-state index contributed by atoms with van der Waals surface area (Å²) < 4.78 is 5.65. The van der Waals surface area contributed by atoms with Crippen molar-refractivity contribution in [2.45, 2.75) is 97.2 Å². The first kappa shape index (κ1) is 19.4. The van der Waals surface area contributed by atoms with E-state index in [2.05, 4.69) is 13.8 Å². The number of fused-ring (bicyclic) bond motifs is 5. The molecule has 0 amide bonds. The number of aliphatic hydroxyl groups is 1. The lowest BCUT2D eigenvalue weighted by Crippen LogP contribution is -2.58. The first-order chi connectivity index (χ1) is 12.6. The van der Waals surface area contributed by atoms with Gasteiger partial charge >= 0.3 is 5.97 Å². The molecule has 152 valence electrons. The van der Waals surface area contributed by atoms with E-state index in [1.165, 1.54) is 26.2 Å². The van der Waals surface area contributed by atoms with Crippen LogP contribution in [0.3, 0.4) is 0 Å². The maximum atomic E-state index is 12.4. The van der Waals surface area contributed by atoms with Gasteiger partial charge in [-0.1, -0.05) is 13.8 Å². The van der Waals surface area contributed by atoms with E-state index >= 15 is 0 Å². The van der Waals surface area contributed by atoms with Crippen LogP contribution < -0.4 is 0 Å². The molecule has 27 heavy (non-hydrogen) atoms. The highest BCUT2D eigenvalue weighted by Crippen LogP contribution is 2.67. The van der Waals surface area contributed by atoms with Gasteiger partial charge in [-0.3, -0.25) is 9.59 Å². The van der Waals surface area contributed by atoms with Crippen molar-refractivity contribution in [1.82, 2.24) is 0 Å². The Bertz CT molecular complexity index is 644. The number of ketones is 1. The van der Waals surface area contributed by atoms with Crippen molar-refractivity contribution in [3.05, 3.63) is 0 Å². The summed E-state index contributed by atoms with van der Waals surface area (Å²) in [7, 11) is 0. The lowest BCUT2D eigenvalue weighted by Gasteiger charge is -2.61. The summed E-state index contributed by atoms with van der Waals surface area (Å²) in [6.07, 6.45) is 8.99. The van der Waals surface area contributed by atoms with Gasteiger partial charge < -0.3 is 9.84 Å². The fraction of sp³-hybridized carbons (Fsp3) is 0.913. The molecule has 4 fully saturated rings. The fourth-order valence-corrected chi connectivity index (χ4v) is 7.96. The highest BCUT2D eigenvalue weighted by atomic mass is 16.6. The van der Waals surface area contributed by atoms with Crippen LogP contribution in [0.5, 0.6) is 0 Å². The van der Waals surface area contributed by atoms with Gasteiger partial charge in [0.05, 0.1) is 6.10 Å². The molecule has 0 radical (unpaired) electrons. The third kappa shape index (κ3) is 2.73. The second kappa shape index (κ2) is 6.30. The summed E-state index contributed by atoms with van der Waals surface area (Å²) in [6, 6.07) is 0. The molecule has 1 N–H and O–H groups in total. The van der Waals surface area contributed by atoms with E-state index in [0.29, 0.717) is 36.5 Å². The third-order valence-corrected chi connectivity index (χ3v) is 9.64. The highest BCUT2D eigenvalue weighted by molar-refractivity contribution is 5.87. The van der Waals surface area contributed by atoms with E-state index in [0.717, 1.165) is 25.7 Å². The Kier molecular flexibility index (Phi) is 4.53. The maximum absolute atomic E-state index is 12.4. The van der Waals surface area contributed by atoms with E-state index in [-0.39, 0.29) is 28.7 Å². The lowest BCUT2D eigenvalue weighted by molar-refractivity contribution is -0.187. The number of hydrogen-bond acceptors (Lipinski definition) is 4. The van der Waals surface area contributed by atoms with E-state index in [1.807, 2.05) is 0 Å². The predicted molar refractivity (Wildman–Crippen MR) is 103 cm³/mol. The van der Waals surface area contributed by atoms with Gasteiger partial charge in [0.1, 0.15) is 0 Å². The van der Waals surface area contributed by atoms with E-state index in [4.69, 9.17) is 4.74 Å². The third-order valence-electron chi connectivity index (χ3n) is 9.64. The van der Waals surface area contributed by atoms with Gasteiger partial charge in [0, 0.05) is 6.92 Å². The van der Waals surface area contributed by atoms with Gasteiger partial charge in [-0.15, -0.1) is 0 Å².